The van der Waals surface area contributed by atoms with Gasteiger partial charge in [-0.15, -0.1) is 0 Å². The van der Waals surface area contributed by atoms with Crippen LogP contribution in [0.4, 0.5) is 21.7 Å². The molecular weight excluding hydrogens is 395 g/mol. The predicted octanol–water partition coefficient (Wildman–Crippen LogP) is 4.15. The summed E-state index contributed by atoms with van der Waals surface area (Å²) in [7, 11) is 0. The molecule has 2 N–H and O–H groups in total. The molecule has 0 saturated carbocycles. The number of nitrogens with zero attached hydrogens (tertiary/aromatic N) is 4. The van der Waals surface area contributed by atoms with Gasteiger partial charge in [-0.1, -0.05) is 0 Å². The molecule has 1 aromatic carbocycles. The van der Waals surface area contributed by atoms with Gasteiger partial charge in [0.05, 0.1) is 30.2 Å². The minimum Gasteiger partial charge on any atom is -0.325 e. The van der Waals surface area contributed by atoms with Crippen LogP contribution in [-0.2, 0) is 4.79 Å². The molecule has 3 heterocycles. The molecule has 4 rings (SSSR count). The standard InChI is InChI=1S/C23H25FN6O/c1-15-12-16(2)27-23(26-15)29-19-9-10-20(25-13-19)21-4-3-11-30(21)14-22(31)28-18-7-5-17(24)6-8-18/h5-10,12-13,21H,3-4,11,14H2,1-2H3,(H,28,31)(H,26,27,29)/t21-/m1/s1. The van der Waals surface area contributed by atoms with Gasteiger partial charge in [0.15, 0.2) is 0 Å². The van der Waals surface area contributed by atoms with E-state index in [0.717, 1.165) is 42.2 Å². The highest BCUT2D eigenvalue weighted by molar-refractivity contribution is 5.92. The van der Waals surface area contributed by atoms with E-state index in [1.54, 1.807) is 18.3 Å². The van der Waals surface area contributed by atoms with Gasteiger partial charge in [-0.25, -0.2) is 14.4 Å². The number of aromatic nitrogens is 3. The van der Waals surface area contributed by atoms with Crippen molar-refractivity contribution in [2.45, 2.75) is 32.7 Å². The van der Waals surface area contributed by atoms with Crippen molar-refractivity contribution in [2.24, 2.45) is 0 Å². The van der Waals surface area contributed by atoms with Crippen molar-refractivity contribution < 1.29 is 9.18 Å². The highest BCUT2D eigenvalue weighted by Crippen LogP contribution is 2.31. The lowest BCUT2D eigenvalue weighted by Crippen LogP contribution is -2.33. The quantitative estimate of drug-likeness (QED) is 0.623. The summed E-state index contributed by atoms with van der Waals surface area (Å²) in [6.07, 6.45) is 3.72. The fraction of sp³-hybridized carbons (Fsp3) is 0.304. The number of pyridine rings is 1. The van der Waals surface area contributed by atoms with Crippen LogP contribution in [0.5, 0.6) is 0 Å². The van der Waals surface area contributed by atoms with Gasteiger partial charge in [-0.05, 0) is 75.7 Å². The number of aryl methyl sites for hydroxylation is 2. The lowest BCUT2D eigenvalue weighted by molar-refractivity contribution is -0.117. The second-order valence-corrected chi connectivity index (χ2v) is 7.75. The molecule has 0 radical (unpaired) electrons. The van der Waals surface area contributed by atoms with Gasteiger partial charge in [0.2, 0.25) is 11.9 Å². The number of benzene rings is 1. The fourth-order valence-electron chi connectivity index (χ4n) is 3.86. The zero-order chi connectivity index (χ0) is 21.8. The Bertz CT molecular complexity index is 1030. The van der Waals surface area contributed by atoms with Gasteiger partial charge >= 0.3 is 0 Å². The summed E-state index contributed by atoms with van der Waals surface area (Å²) in [6, 6.07) is 11.7. The number of nitrogens with one attached hydrogen (secondary N) is 2. The first-order valence-electron chi connectivity index (χ1n) is 10.3. The minimum atomic E-state index is -0.328. The fourth-order valence-corrected chi connectivity index (χ4v) is 3.86. The van der Waals surface area contributed by atoms with E-state index in [2.05, 4.69) is 30.5 Å². The summed E-state index contributed by atoms with van der Waals surface area (Å²) in [6.45, 7) is 4.96. The third-order valence-corrected chi connectivity index (χ3v) is 5.20. The first kappa shape index (κ1) is 20.9. The molecule has 0 aliphatic carbocycles. The Balaban J connectivity index is 1.38. The second kappa shape index (κ2) is 9.18. The van der Waals surface area contributed by atoms with E-state index < -0.39 is 0 Å². The van der Waals surface area contributed by atoms with E-state index in [-0.39, 0.29) is 24.3 Å². The SMILES string of the molecule is Cc1cc(C)nc(Nc2ccc([C@H]3CCCN3CC(=O)Nc3ccc(F)cc3)nc2)n1. The van der Waals surface area contributed by atoms with Crippen molar-refractivity contribution in [1.82, 2.24) is 19.9 Å². The maximum Gasteiger partial charge on any atom is 0.238 e. The number of halogens is 1. The van der Waals surface area contributed by atoms with Crippen molar-refractivity contribution in [3.63, 3.8) is 0 Å². The Labute approximate surface area is 180 Å². The van der Waals surface area contributed by atoms with Crippen LogP contribution >= 0.6 is 0 Å². The number of carbonyl (C=O) groups excluding carboxylic acids is 1. The number of carbonyl (C=O) groups is 1. The third-order valence-electron chi connectivity index (χ3n) is 5.20. The van der Waals surface area contributed by atoms with Crippen LogP contribution in [0.25, 0.3) is 0 Å². The van der Waals surface area contributed by atoms with Gasteiger partial charge in [-0.3, -0.25) is 14.7 Å². The average Bonchev–Trinajstić information content (AvgIpc) is 3.17. The number of likely N-dealkylation sites (tertiary alicyclic amines) is 1. The van der Waals surface area contributed by atoms with Crippen LogP contribution < -0.4 is 10.6 Å². The Kier molecular flexibility index (Phi) is 6.18. The van der Waals surface area contributed by atoms with E-state index in [1.807, 2.05) is 32.0 Å². The molecule has 1 amide bonds. The first-order valence-corrected chi connectivity index (χ1v) is 10.3. The third kappa shape index (κ3) is 5.40. The van der Waals surface area contributed by atoms with Crippen LogP contribution in [0.1, 0.15) is 36.0 Å². The molecule has 1 saturated heterocycles. The molecule has 8 heteroatoms. The average molecular weight is 420 g/mol. The highest BCUT2D eigenvalue weighted by Gasteiger charge is 2.28. The predicted molar refractivity (Wildman–Crippen MR) is 118 cm³/mol. The second-order valence-electron chi connectivity index (χ2n) is 7.75. The maximum absolute atomic E-state index is 13.0. The highest BCUT2D eigenvalue weighted by atomic mass is 19.1. The van der Waals surface area contributed by atoms with Crippen LogP contribution in [-0.4, -0.2) is 38.8 Å². The Morgan fingerprint density at radius 1 is 1.10 bits per heavy atom. The summed E-state index contributed by atoms with van der Waals surface area (Å²) < 4.78 is 13.0. The molecule has 7 nitrogen and oxygen atoms in total. The zero-order valence-corrected chi connectivity index (χ0v) is 17.6. The van der Waals surface area contributed by atoms with E-state index in [1.165, 1.54) is 12.1 Å². The monoisotopic (exact) mass is 420 g/mol. The summed E-state index contributed by atoms with van der Waals surface area (Å²) in [5, 5.41) is 6.01. The van der Waals surface area contributed by atoms with Gasteiger partial charge in [-0.2, -0.15) is 0 Å². The van der Waals surface area contributed by atoms with Gasteiger partial charge in [0.1, 0.15) is 5.82 Å². The molecule has 0 spiro atoms. The van der Waals surface area contributed by atoms with Crippen molar-refractivity contribution in [2.75, 3.05) is 23.7 Å². The van der Waals surface area contributed by atoms with E-state index in [0.29, 0.717) is 11.6 Å². The van der Waals surface area contributed by atoms with Crippen molar-refractivity contribution in [3.8, 4) is 0 Å². The number of rotatable bonds is 6. The molecule has 3 aromatic rings. The summed E-state index contributed by atoms with van der Waals surface area (Å²) in [5.41, 5.74) is 4.14. The normalized spacial score (nSPS) is 16.3. The lowest BCUT2D eigenvalue weighted by Gasteiger charge is -2.23. The smallest absolute Gasteiger partial charge is 0.238 e. The first-order chi connectivity index (χ1) is 15.0. The Morgan fingerprint density at radius 2 is 1.81 bits per heavy atom. The molecule has 1 aliphatic rings. The van der Waals surface area contributed by atoms with Crippen LogP contribution in [0.2, 0.25) is 0 Å². The topological polar surface area (TPSA) is 83.0 Å². The van der Waals surface area contributed by atoms with E-state index >= 15 is 0 Å². The largest absolute Gasteiger partial charge is 0.325 e. The van der Waals surface area contributed by atoms with Crippen LogP contribution in [0.3, 0.4) is 0 Å². The Hall–Kier alpha value is -3.39. The van der Waals surface area contributed by atoms with E-state index in [4.69, 9.17) is 0 Å². The molecule has 1 atom stereocenters. The Morgan fingerprint density at radius 3 is 2.48 bits per heavy atom. The summed E-state index contributed by atoms with van der Waals surface area (Å²) >= 11 is 0. The number of hydrogen-bond acceptors (Lipinski definition) is 6. The lowest BCUT2D eigenvalue weighted by atomic mass is 10.1. The summed E-state index contributed by atoms with van der Waals surface area (Å²) in [5.74, 6) is 0.0986. The van der Waals surface area contributed by atoms with Crippen molar-refractivity contribution in [1.29, 1.82) is 0 Å². The summed E-state index contributed by atoms with van der Waals surface area (Å²) in [4.78, 5) is 28.0. The molecule has 0 bridgehead atoms. The van der Waals surface area contributed by atoms with Gasteiger partial charge < -0.3 is 10.6 Å². The van der Waals surface area contributed by atoms with Crippen molar-refractivity contribution >= 4 is 23.2 Å². The number of amides is 1. The molecular formula is C23H25FN6O. The molecule has 160 valence electrons. The zero-order valence-electron chi connectivity index (χ0n) is 17.6. The van der Waals surface area contributed by atoms with Crippen molar-refractivity contribution in [3.05, 3.63) is 71.6 Å². The van der Waals surface area contributed by atoms with Gasteiger partial charge in [0, 0.05) is 17.1 Å². The molecule has 1 aliphatic heterocycles. The van der Waals surface area contributed by atoms with Crippen LogP contribution in [0, 0.1) is 19.7 Å². The van der Waals surface area contributed by atoms with Crippen LogP contribution in [0.15, 0.2) is 48.7 Å². The van der Waals surface area contributed by atoms with Gasteiger partial charge in [0.25, 0.3) is 0 Å². The number of anilines is 3. The molecule has 1 fully saturated rings. The van der Waals surface area contributed by atoms with E-state index in [9.17, 15) is 9.18 Å². The maximum atomic E-state index is 13.0. The molecule has 0 unspecified atom stereocenters. The molecule has 31 heavy (non-hydrogen) atoms. The minimum absolute atomic E-state index is 0.0884. The number of hydrogen-bond donors (Lipinski definition) is 2. The molecule has 2 aromatic heterocycles.